The van der Waals surface area contributed by atoms with E-state index in [0.717, 1.165) is 19.5 Å². The molecule has 1 aliphatic carbocycles. The van der Waals surface area contributed by atoms with Gasteiger partial charge in [0.25, 0.3) is 0 Å². The quantitative estimate of drug-likeness (QED) is 0.736. The molecule has 0 radical (unpaired) electrons. The van der Waals surface area contributed by atoms with Crippen LogP contribution in [-0.2, 0) is 4.79 Å². The lowest BCUT2D eigenvalue weighted by Gasteiger charge is -2.14. The molecular weight excluding hydrogens is 212 g/mol. The molecule has 3 nitrogen and oxygen atoms in total. The van der Waals surface area contributed by atoms with Gasteiger partial charge in [-0.2, -0.15) is 0 Å². The first-order valence-corrected chi connectivity index (χ1v) is 6.10. The highest BCUT2D eigenvalue weighted by Crippen LogP contribution is 2.40. The van der Waals surface area contributed by atoms with E-state index in [-0.39, 0.29) is 5.91 Å². The van der Waals surface area contributed by atoms with Crippen molar-refractivity contribution in [3.63, 3.8) is 0 Å². The molecule has 3 heteroatoms. The topological polar surface area (TPSA) is 33.2 Å². The predicted molar refractivity (Wildman–Crippen MR) is 66.1 cm³/mol. The van der Waals surface area contributed by atoms with E-state index >= 15 is 0 Å². The second-order valence-corrected chi connectivity index (χ2v) is 4.98. The van der Waals surface area contributed by atoms with Gasteiger partial charge in [-0.1, -0.05) is 6.08 Å². The summed E-state index contributed by atoms with van der Waals surface area (Å²) in [5, 5.41) is 0. The number of amides is 1. The van der Waals surface area contributed by atoms with Crippen molar-refractivity contribution in [3.8, 4) is 0 Å². The fourth-order valence-corrected chi connectivity index (χ4v) is 2.95. The van der Waals surface area contributed by atoms with Crippen LogP contribution in [0.15, 0.2) is 30.6 Å². The third kappa shape index (κ3) is 1.86. The van der Waals surface area contributed by atoms with Crippen molar-refractivity contribution < 1.29 is 4.79 Å². The Kier molecular flexibility index (Phi) is 2.46. The fourth-order valence-electron chi connectivity index (χ4n) is 2.95. The van der Waals surface area contributed by atoms with Gasteiger partial charge in [0, 0.05) is 32.4 Å². The molecule has 0 aromatic carbocycles. The van der Waals surface area contributed by atoms with Crippen LogP contribution in [-0.4, -0.2) is 28.9 Å². The Labute approximate surface area is 101 Å². The average molecular weight is 228 g/mol. The Morgan fingerprint density at radius 3 is 2.76 bits per heavy atom. The van der Waals surface area contributed by atoms with Crippen molar-refractivity contribution in [2.24, 2.45) is 11.8 Å². The Hall–Kier alpha value is -1.64. The van der Waals surface area contributed by atoms with Gasteiger partial charge in [-0.3, -0.25) is 9.78 Å². The van der Waals surface area contributed by atoms with Crippen LogP contribution in [0.2, 0.25) is 0 Å². The first-order valence-electron chi connectivity index (χ1n) is 6.10. The molecule has 1 aliphatic heterocycles. The molecule has 0 N–H and O–H groups in total. The maximum Gasteiger partial charge on any atom is 0.219 e. The predicted octanol–water partition coefficient (Wildman–Crippen LogP) is 1.96. The fraction of sp³-hybridized carbons (Fsp3) is 0.429. The van der Waals surface area contributed by atoms with E-state index in [2.05, 4.69) is 23.2 Å². The molecule has 2 aliphatic rings. The molecule has 17 heavy (non-hydrogen) atoms. The van der Waals surface area contributed by atoms with Crippen LogP contribution in [0.1, 0.15) is 18.9 Å². The number of carbonyl (C=O) groups excluding carboxylic acids is 1. The molecular formula is C14H16N2O. The second kappa shape index (κ2) is 3.99. The van der Waals surface area contributed by atoms with Gasteiger partial charge < -0.3 is 4.90 Å². The summed E-state index contributed by atoms with van der Waals surface area (Å²) in [4.78, 5) is 17.3. The van der Waals surface area contributed by atoms with Gasteiger partial charge in [0.2, 0.25) is 5.91 Å². The molecule has 2 atom stereocenters. The molecule has 1 saturated heterocycles. The highest BCUT2D eigenvalue weighted by atomic mass is 16.2. The normalized spacial score (nSPS) is 26.9. The minimum Gasteiger partial charge on any atom is -0.342 e. The summed E-state index contributed by atoms with van der Waals surface area (Å²) in [6.45, 7) is 3.48. The number of fused-ring (bicyclic) bond motifs is 1. The summed E-state index contributed by atoms with van der Waals surface area (Å²) in [5.41, 5.74) is 2.70. The van der Waals surface area contributed by atoms with Gasteiger partial charge in [0.05, 0.1) is 0 Å². The van der Waals surface area contributed by atoms with Crippen molar-refractivity contribution in [3.05, 3.63) is 36.2 Å². The Morgan fingerprint density at radius 2 is 2.12 bits per heavy atom. The summed E-state index contributed by atoms with van der Waals surface area (Å²) in [7, 11) is 0. The van der Waals surface area contributed by atoms with Crippen LogP contribution in [0.3, 0.4) is 0 Å². The third-order valence-corrected chi connectivity index (χ3v) is 3.89. The number of hydrogen-bond donors (Lipinski definition) is 0. The molecule has 88 valence electrons. The van der Waals surface area contributed by atoms with Gasteiger partial charge in [0.1, 0.15) is 0 Å². The summed E-state index contributed by atoms with van der Waals surface area (Å²) in [6, 6.07) is 4.13. The second-order valence-electron chi connectivity index (χ2n) is 4.98. The Morgan fingerprint density at radius 1 is 1.35 bits per heavy atom. The van der Waals surface area contributed by atoms with Crippen molar-refractivity contribution in [1.82, 2.24) is 9.88 Å². The van der Waals surface area contributed by atoms with E-state index in [1.807, 2.05) is 17.3 Å². The number of hydrogen-bond acceptors (Lipinski definition) is 2. The number of allylic oxidation sites excluding steroid dienone is 1. The van der Waals surface area contributed by atoms with Crippen molar-refractivity contribution in [2.45, 2.75) is 13.3 Å². The van der Waals surface area contributed by atoms with Gasteiger partial charge in [-0.15, -0.1) is 0 Å². The molecule has 0 bridgehead atoms. The number of aromatic nitrogens is 1. The molecule has 2 unspecified atom stereocenters. The maximum absolute atomic E-state index is 11.3. The lowest BCUT2D eigenvalue weighted by Crippen LogP contribution is -2.26. The zero-order chi connectivity index (χ0) is 11.8. The monoisotopic (exact) mass is 228 g/mol. The van der Waals surface area contributed by atoms with Crippen LogP contribution in [0.25, 0.3) is 5.57 Å². The lowest BCUT2D eigenvalue weighted by molar-refractivity contribution is -0.128. The molecule has 3 rings (SSSR count). The summed E-state index contributed by atoms with van der Waals surface area (Å²) < 4.78 is 0. The smallest absolute Gasteiger partial charge is 0.219 e. The molecule has 1 amide bonds. The highest BCUT2D eigenvalue weighted by molar-refractivity contribution is 5.74. The van der Waals surface area contributed by atoms with Crippen LogP contribution in [0.5, 0.6) is 0 Å². The third-order valence-electron chi connectivity index (χ3n) is 3.89. The zero-order valence-electron chi connectivity index (χ0n) is 9.97. The largest absolute Gasteiger partial charge is 0.342 e. The molecule has 1 aromatic rings. The van der Waals surface area contributed by atoms with Gasteiger partial charge in [-0.25, -0.2) is 0 Å². The first kappa shape index (κ1) is 10.5. The Balaban J connectivity index is 1.78. The Bertz CT molecular complexity index is 466. The zero-order valence-corrected chi connectivity index (χ0v) is 9.97. The van der Waals surface area contributed by atoms with Crippen LogP contribution in [0.4, 0.5) is 0 Å². The number of nitrogens with zero attached hydrogens (tertiary/aromatic N) is 2. The van der Waals surface area contributed by atoms with Gasteiger partial charge in [0.15, 0.2) is 0 Å². The molecule has 0 spiro atoms. The van der Waals surface area contributed by atoms with Crippen molar-refractivity contribution >= 4 is 11.5 Å². The number of rotatable bonds is 1. The molecule has 2 heterocycles. The summed E-state index contributed by atoms with van der Waals surface area (Å²) in [6.07, 6.45) is 7.12. The van der Waals surface area contributed by atoms with Crippen LogP contribution < -0.4 is 0 Å². The number of carbonyl (C=O) groups is 1. The van der Waals surface area contributed by atoms with E-state index in [1.54, 1.807) is 6.92 Å². The van der Waals surface area contributed by atoms with Gasteiger partial charge in [-0.05, 0) is 41.5 Å². The minimum atomic E-state index is 0.207. The van der Waals surface area contributed by atoms with E-state index in [1.165, 1.54) is 11.1 Å². The van der Waals surface area contributed by atoms with E-state index < -0.39 is 0 Å². The summed E-state index contributed by atoms with van der Waals surface area (Å²) in [5.74, 6) is 1.39. The average Bonchev–Trinajstić information content (AvgIpc) is 2.87. The first-order chi connectivity index (χ1) is 8.24. The van der Waals surface area contributed by atoms with Crippen molar-refractivity contribution in [2.75, 3.05) is 13.1 Å². The SMILES string of the molecule is CC(=O)N1CC2C=C(c3ccncc3)CC2C1. The standard InChI is InChI=1S/C14H16N2O/c1-10(17)16-8-13-6-12(7-14(13)9-16)11-2-4-15-5-3-11/h2-6,13-14H,7-9H2,1H3. The van der Waals surface area contributed by atoms with Crippen LogP contribution >= 0.6 is 0 Å². The van der Waals surface area contributed by atoms with Crippen LogP contribution in [0, 0.1) is 11.8 Å². The highest BCUT2D eigenvalue weighted by Gasteiger charge is 2.37. The van der Waals surface area contributed by atoms with E-state index in [0.29, 0.717) is 11.8 Å². The number of likely N-dealkylation sites (tertiary alicyclic amines) is 1. The number of pyridine rings is 1. The van der Waals surface area contributed by atoms with E-state index in [9.17, 15) is 4.79 Å². The summed E-state index contributed by atoms with van der Waals surface area (Å²) >= 11 is 0. The maximum atomic E-state index is 11.3. The van der Waals surface area contributed by atoms with Gasteiger partial charge >= 0.3 is 0 Å². The lowest BCUT2D eigenvalue weighted by atomic mass is 9.99. The molecule has 0 saturated carbocycles. The minimum absolute atomic E-state index is 0.207. The molecule has 1 fully saturated rings. The van der Waals surface area contributed by atoms with E-state index in [4.69, 9.17) is 0 Å². The molecule has 1 aromatic heterocycles. The van der Waals surface area contributed by atoms with Crippen molar-refractivity contribution in [1.29, 1.82) is 0 Å².